The molecular weight excluding hydrogens is 199 g/mol. The van der Waals surface area contributed by atoms with E-state index in [1.807, 2.05) is 0 Å². The Balaban J connectivity index is 2.08. The van der Waals surface area contributed by atoms with E-state index in [1.54, 1.807) is 10.8 Å². The van der Waals surface area contributed by atoms with Crippen LogP contribution in [0.2, 0.25) is 0 Å². The summed E-state index contributed by atoms with van der Waals surface area (Å²) in [6, 6.07) is 0. The number of hydrogen-bond donors (Lipinski definition) is 0. The van der Waals surface area contributed by atoms with Gasteiger partial charge in [-0.25, -0.2) is 0 Å². The summed E-state index contributed by atoms with van der Waals surface area (Å²) in [5, 5.41) is 0. The maximum atomic E-state index is 2.45. The molecule has 42 valence electrons. The van der Waals surface area contributed by atoms with Crippen LogP contribution < -0.4 is 21.2 Å². The van der Waals surface area contributed by atoms with E-state index < -0.39 is 0 Å². The second-order valence-electron chi connectivity index (χ2n) is 2.65. The summed E-state index contributed by atoms with van der Waals surface area (Å²) in [5.41, 5.74) is 0. The molecule has 1 saturated heterocycles. The first-order valence-corrected chi connectivity index (χ1v) is 5.73. The molecule has 1 heteroatoms. The van der Waals surface area contributed by atoms with Crippen molar-refractivity contribution in [1.82, 2.24) is 0 Å². The maximum absolute atomic E-state index is 2.45. The summed E-state index contributed by atoms with van der Waals surface area (Å²) in [6.07, 6.45) is 1.60. The molecule has 0 nitrogen and oxygen atoms in total. The first-order valence-electron chi connectivity index (χ1n) is 2.95. The number of alkyl halides is 2. The van der Waals surface area contributed by atoms with Gasteiger partial charge in [0.15, 0.2) is 0 Å². The Kier molecular flexibility index (Phi) is 0.895. The van der Waals surface area contributed by atoms with E-state index in [0.29, 0.717) is 21.2 Å². The van der Waals surface area contributed by atoms with Crippen molar-refractivity contribution < 1.29 is 21.2 Å². The van der Waals surface area contributed by atoms with Crippen molar-refractivity contribution in [3.63, 3.8) is 0 Å². The predicted molar refractivity (Wildman–Crippen MR) is 25.9 cm³/mol. The zero-order valence-corrected chi connectivity index (χ0v) is 6.68. The van der Waals surface area contributed by atoms with Crippen LogP contribution in [-0.2, 0) is 0 Å². The van der Waals surface area contributed by atoms with Gasteiger partial charge < -0.3 is 0 Å². The van der Waals surface area contributed by atoms with Gasteiger partial charge in [0.05, 0.1) is 0 Å². The van der Waals surface area contributed by atoms with E-state index in [-0.39, 0.29) is 0 Å². The summed E-state index contributed by atoms with van der Waals surface area (Å²) in [4.78, 5) is 0. The summed E-state index contributed by atoms with van der Waals surface area (Å²) in [5.74, 6) is 2.47. The van der Waals surface area contributed by atoms with Crippen LogP contribution in [0.1, 0.15) is 13.3 Å². The van der Waals surface area contributed by atoms with Gasteiger partial charge in [0.25, 0.3) is 0 Å². The normalized spacial score (nSPS) is 58.1. The molecule has 0 aromatic heterocycles. The molecule has 3 atom stereocenters. The van der Waals surface area contributed by atoms with Crippen LogP contribution in [0.5, 0.6) is 0 Å². The second-order valence-corrected chi connectivity index (χ2v) is 6.37. The number of fused-ring (bicyclic) bond motifs is 1. The molecule has 0 amide bonds. The average Bonchev–Trinajstić information content (AvgIpc) is 2.33. The first kappa shape index (κ1) is 4.59. The Labute approximate surface area is 54.9 Å². The third kappa shape index (κ3) is 0.609. The molecule has 2 unspecified atom stereocenters. The van der Waals surface area contributed by atoms with E-state index >= 15 is 0 Å². The number of hydrogen-bond acceptors (Lipinski definition) is 0. The SMILES string of the molecule is CC1[I-]C[C@@H]2CC12. The quantitative estimate of drug-likeness (QED) is 0.323. The predicted octanol–water partition coefficient (Wildman–Crippen LogP) is -1.89. The average molecular weight is 209 g/mol. The molecule has 0 bridgehead atoms. The van der Waals surface area contributed by atoms with Crippen molar-refractivity contribution in [2.45, 2.75) is 17.3 Å². The molecule has 1 aliphatic carbocycles. The van der Waals surface area contributed by atoms with Crippen LogP contribution in [-0.4, -0.2) is 8.35 Å². The topological polar surface area (TPSA) is 0 Å². The molecule has 2 fully saturated rings. The molecule has 0 aromatic carbocycles. The molecule has 0 N–H and O–H groups in total. The van der Waals surface area contributed by atoms with Crippen molar-refractivity contribution in [3.05, 3.63) is 0 Å². The Hall–Kier alpha value is 0.730. The van der Waals surface area contributed by atoms with Crippen molar-refractivity contribution in [3.8, 4) is 0 Å². The van der Waals surface area contributed by atoms with Gasteiger partial charge in [0.2, 0.25) is 0 Å². The van der Waals surface area contributed by atoms with Gasteiger partial charge >= 0.3 is 54.7 Å². The van der Waals surface area contributed by atoms with Gasteiger partial charge in [-0.15, -0.1) is 0 Å². The molecule has 2 aliphatic rings. The summed E-state index contributed by atoms with van der Waals surface area (Å²) in [6.45, 7) is 2.45. The van der Waals surface area contributed by atoms with E-state index in [2.05, 4.69) is 6.92 Å². The summed E-state index contributed by atoms with van der Waals surface area (Å²) >= 11 is 0.689. The third-order valence-electron chi connectivity index (χ3n) is 2.10. The van der Waals surface area contributed by atoms with E-state index in [1.165, 1.54) is 15.8 Å². The zero-order valence-electron chi connectivity index (χ0n) is 4.52. The molecule has 0 radical (unpaired) electrons. The van der Waals surface area contributed by atoms with Crippen LogP contribution in [0.4, 0.5) is 0 Å². The van der Waals surface area contributed by atoms with Crippen molar-refractivity contribution in [2.24, 2.45) is 11.8 Å². The fraction of sp³-hybridized carbons (Fsp3) is 1.00. The molecule has 0 aromatic rings. The fourth-order valence-corrected chi connectivity index (χ4v) is 5.38. The molecular formula is C6H10I-. The van der Waals surface area contributed by atoms with Gasteiger partial charge in [-0.3, -0.25) is 0 Å². The van der Waals surface area contributed by atoms with E-state index in [4.69, 9.17) is 0 Å². The molecule has 1 saturated carbocycles. The Morgan fingerprint density at radius 1 is 1.57 bits per heavy atom. The standard InChI is InChI=1S/C6H10I/c1-4-6-2-5(6)3-7-4/h4-6H,2-3H2,1H3/q-1/t4?,5-,6?/m0/s1. The summed E-state index contributed by atoms with van der Waals surface area (Å²) in [7, 11) is 0. The van der Waals surface area contributed by atoms with Gasteiger partial charge in [0.1, 0.15) is 0 Å². The van der Waals surface area contributed by atoms with Crippen LogP contribution in [0, 0.1) is 11.8 Å². The summed E-state index contributed by atoms with van der Waals surface area (Å²) < 4.78 is 2.86. The molecule has 7 heavy (non-hydrogen) atoms. The van der Waals surface area contributed by atoms with Crippen LogP contribution in [0.3, 0.4) is 0 Å². The van der Waals surface area contributed by atoms with Gasteiger partial charge in [0, 0.05) is 0 Å². The molecule has 2 rings (SSSR count). The fourth-order valence-electron chi connectivity index (χ4n) is 1.38. The molecule has 1 aliphatic heterocycles. The van der Waals surface area contributed by atoms with Crippen molar-refractivity contribution in [2.75, 3.05) is 4.43 Å². The Bertz CT molecular complexity index is 90.2. The zero-order chi connectivity index (χ0) is 4.85. The monoisotopic (exact) mass is 209 g/mol. The van der Waals surface area contributed by atoms with E-state index in [0.717, 1.165) is 0 Å². The minimum atomic E-state index is 0.689. The Morgan fingerprint density at radius 3 is 2.57 bits per heavy atom. The minimum absolute atomic E-state index is 0.689. The second kappa shape index (κ2) is 1.36. The van der Waals surface area contributed by atoms with Crippen LogP contribution in [0.25, 0.3) is 0 Å². The van der Waals surface area contributed by atoms with Crippen LogP contribution >= 0.6 is 0 Å². The van der Waals surface area contributed by atoms with E-state index in [9.17, 15) is 0 Å². The van der Waals surface area contributed by atoms with Crippen molar-refractivity contribution in [1.29, 1.82) is 0 Å². The number of halogens is 1. The Morgan fingerprint density at radius 2 is 2.43 bits per heavy atom. The third-order valence-corrected chi connectivity index (χ3v) is 6.05. The van der Waals surface area contributed by atoms with Gasteiger partial charge in [-0.1, -0.05) is 0 Å². The first-order chi connectivity index (χ1) is 3.38. The molecule has 0 spiro atoms. The molecule has 1 heterocycles. The van der Waals surface area contributed by atoms with Gasteiger partial charge in [-0.2, -0.15) is 0 Å². The van der Waals surface area contributed by atoms with Gasteiger partial charge in [-0.05, 0) is 0 Å². The number of rotatable bonds is 0. The van der Waals surface area contributed by atoms with Crippen LogP contribution in [0.15, 0.2) is 0 Å². The van der Waals surface area contributed by atoms with Crippen molar-refractivity contribution >= 4 is 0 Å².